The van der Waals surface area contributed by atoms with E-state index in [1.54, 1.807) is 20.3 Å². The van der Waals surface area contributed by atoms with Crippen molar-refractivity contribution in [3.05, 3.63) is 41.9 Å². The van der Waals surface area contributed by atoms with Crippen molar-refractivity contribution in [2.75, 3.05) is 19.5 Å². The average molecular weight is 356 g/mol. The maximum absolute atomic E-state index is 12.3. The lowest BCUT2D eigenvalue weighted by atomic mass is 10.2. The highest BCUT2D eigenvalue weighted by atomic mass is 16.5. The zero-order chi connectivity index (χ0) is 18.4. The van der Waals surface area contributed by atoms with Crippen LogP contribution in [0.4, 0.5) is 5.82 Å². The summed E-state index contributed by atoms with van der Waals surface area (Å²) in [6, 6.07) is 7.64. The number of ether oxygens (including phenoxy) is 2. The van der Waals surface area contributed by atoms with Crippen LogP contribution in [0.1, 0.15) is 41.7 Å². The van der Waals surface area contributed by atoms with Crippen molar-refractivity contribution >= 4 is 11.7 Å². The molecule has 7 heteroatoms. The number of carbonyl (C=O) groups excluding carboxylic acids is 1. The number of hydrogen-bond donors (Lipinski definition) is 2. The van der Waals surface area contributed by atoms with E-state index >= 15 is 0 Å². The third-order valence-electron chi connectivity index (χ3n) is 4.51. The Hall–Kier alpha value is -2.83. The third-order valence-corrected chi connectivity index (χ3v) is 4.51. The van der Waals surface area contributed by atoms with Gasteiger partial charge in [0.25, 0.3) is 5.91 Å². The number of amides is 1. The van der Waals surface area contributed by atoms with Gasteiger partial charge < -0.3 is 20.1 Å². The van der Waals surface area contributed by atoms with Gasteiger partial charge in [-0.3, -0.25) is 4.79 Å². The normalized spacial score (nSPS) is 14.1. The molecule has 0 radical (unpaired) electrons. The largest absolute Gasteiger partial charge is 0.493 e. The molecule has 0 aliphatic heterocycles. The van der Waals surface area contributed by atoms with E-state index in [4.69, 9.17) is 9.47 Å². The molecule has 138 valence electrons. The van der Waals surface area contributed by atoms with Crippen LogP contribution >= 0.6 is 0 Å². The molecule has 0 unspecified atom stereocenters. The van der Waals surface area contributed by atoms with Gasteiger partial charge in [0.05, 0.1) is 14.2 Å². The summed E-state index contributed by atoms with van der Waals surface area (Å²) in [6.07, 6.45) is 5.84. The number of aromatic nitrogens is 2. The van der Waals surface area contributed by atoms with Crippen LogP contribution < -0.4 is 20.1 Å². The Balaban J connectivity index is 1.62. The molecule has 0 spiro atoms. The van der Waals surface area contributed by atoms with Crippen molar-refractivity contribution in [1.82, 2.24) is 15.3 Å². The summed E-state index contributed by atoms with van der Waals surface area (Å²) in [7, 11) is 3.21. The molecule has 1 saturated carbocycles. The summed E-state index contributed by atoms with van der Waals surface area (Å²) in [4.78, 5) is 20.6. The predicted molar refractivity (Wildman–Crippen MR) is 98.6 cm³/mol. The molecule has 1 aromatic carbocycles. The molecule has 1 aromatic heterocycles. The van der Waals surface area contributed by atoms with E-state index in [-0.39, 0.29) is 11.9 Å². The van der Waals surface area contributed by atoms with E-state index in [2.05, 4.69) is 20.6 Å². The van der Waals surface area contributed by atoms with Gasteiger partial charge in [-0.05, 0) is 30.5 Å². The van der Waals surface area contributed by atoms with Crippen molar-refractivity contribution in [3.63, 3.8) is 0 Å². The molecular formula is C19H24N4O3. The topological polar surface area (TPSA) is 85.4 Å². The summed E-state index contributed by atoms with van der Waals surface area (Å²) in [5.41, 5.74) is 1.39. The van der Waals surface area contributed by atoms with Crippen molar-refractivity contribution in [1.29, 1.82) is 0 Å². The maximum Gasteiger partial charge on any atom is 0.270 e. The van der Waals surface area contributed by atoms with Gasteiger partial charge in [-0.1, -0.05) is 18.9 Å². The van der Waals surface area contributed by atoms with Crippen LogP contribution in [0.3, 0.4) is 0 Å². The second-order valence-electron chi connectivity index (χ2n) is 6.29. The summed E-state index contributed by atoms with van der Waals surface area (Å²) in [5.74, 6) is 1.81. The lowest BCUT2D eigenvalue weighted by Crippen LogP contribution is -2.33. The fraction of sp³-hybridized carbons (Fsp3) is 0.421. The summed E-state index contributed by atoms with van der Waals surface area (Å²) in [5, 5.41) is 6.25. The zero-order valence-corrected chi connectivity index (χ0v) is 15.1. The average Bonchev–Trinajstić information content (AvgIpc) is 3.19. The quantitative estimate of drug-likeness (QED) is 0.793. The summed E-state index contributed by atoms with van der Waals surface area (Å²) in [6.45, 7) is 0.543. The van der Waals surface area contributed by atoms with Crippen molar-refractivity contribution in [2.24, 2.45) is 0 Å². The minimum atomic E-state index is -0.145. The van der Waals surface area contributed by atoms with Crippen LogP contribution in [-0.4, -0.2) is 36.1 Å². The molecule has 0 atom stereocenters. The molecule has 1 aliphatic carbocycles. The second kappa shape index (κ2) is 8.51. The van der Waals surface area contributed by atoms with E-state index in [1.807, 2.05) is 18.2 Å². The number of nitrogens with zero attached hydrogens (tertiary/aromatic N) is 2. The Morgan fingerprint density at radius 1 is 1.12 bits per heavy atom. The van der Waals surface area contributed by atoms with Gasteiger partial charge in [0.2, 0.25) is 0 Å². The lowest BCUT2D eigenvalue weighted by Gasteiger charge is -2.12. The van der Waals surface area contributed by atoms with Crippen LogP contribution in [-0.2, 0) is 6.54 Å². The first-order chi connectivity index (χ1) is 12.7. The second-order valence-corrected chi connectivity index (χ2v) is 6.29. The van der Waals surface area contributed by atoms with Gasteiger partial charge in [-0.15, -0.1) is 0 Å². The first kappa shape index (κ1) is 18.0. The molecule has 0 saturated heterocycles. The Labute approximate surface area is 153 Å². The van der Waals surface area contributed by atoms with E-state index in [0.717, 1.165) is 18.4 Å². The molecule has 1 heterocycles. The molecular weight excluding hydrogens is 332 g/mol. The van der Waals surface area contributed by atoms with Crippen LogP contribution in [0.2, 0.25) is 0 Å². The monoisotopic (exact) mass is 356 g/mol. The molecule has 1 amide bonds. The smallest absolute Gasteiger partial charge is 0.270 e. The van der Waals surface area contributed by atoms with E-state index in [1.165, 1.54) is 19.2 Å². The molecule has 1 aliphatic rings. The molecule has 7 nitrogen and oxygen atoms in total. The van der Waals surface area contributed by atoms with Crippen LogP contribution in [0.15, 0.2) is 30.6 Å². The first-order valence-electron chi connectivity index (χ1n) is 8.77. The van der Waals surface area contributed by atoms with E-state index < -0.39 is 0 Å². The number of benzene rings is 1. The minimum Gasteiger partial charge on any atom is -0.493 e. The van der Waals surface area contributed by atoms with E-state index in [9.17, 15) is 4.79 Å². The maximum atomic E-state index is 12.3. The van der Waals surface area contributed by atoms with Gasteiger partial charge in [-0.25, -0.2) is 9.97 Å². The summed E-state index contributed by atoms with van der Waals surface area (Å²) < 4.78 is 10.6. The molecule has 1 fully saturated rings. The predicted octanol–water partition coefficient (Wildman–Crippen LogP) is 2.78. The van der Waals surface area contributed by atoms with Gasteiger partial charge in [0.1, 0.15) is 17.8 Å². The fourth-order valence-corrected chi connectivity index (χ4v) is 3.09. The molecule has 26 heavy (non-hydrogen) atoms. The number of methoxy groups -OCH3 is 2. The first-order valence-corrected chi connectivity index (χ1v) is 8.77. The van der Waals surface area contributed by atoms with Gasteiger partial charge in [0.15, 0.2) is 11.5 Å². The highest BCUT2D eigenvalue weighted by Crippen LogP contribution is 2.27. The van der Waals surface area contributed by atoms with Gasteiger partial charge in [-0.2, -0.15) is 0 Å². The van der Waals surface area contributed by atoms with Gasteiger partial charge >= 0.3 is 0 Å². The summed E-state index contributed by atoms with van der Waals surface area (Å²) >= 11 is 0. The molecule has 2 aromatic rings. The van der Waals surface area contributed by atoms with Crippen LogP contribution in [0, 0.1) is 0 Å². The van der Waals surface area contributed by atoms with Crippen molar-refractivity contribution < 1.29 is 14.3 Å². The highest BCUT2D eigenvalue weighted by Gasteiger charge is 2.18. The highest BCUT2D eigenvalue weighted by molar-refractivity contribution is 5.93. The number of hydrogen-bond acceptors (Lipinski definition) is 6. The lowest BCUT2D eigenvalue weighted by molar-refractivity contribution is 0.0932. The number of carbonyl (C=O) groups is 1. The molecule has 3 rings (SSSR count). The Kier molecular flexibility index (Phi) is 5.88. The Bertz CT molecular complexity index is 760. The van der Waals surface area contributed by atoms with Crippen LogP contribution in [0.25, 0.3) is 0 Å². The number of nitrogens with one attached hydrogen (secondary N) is 2. The third kappa shape index (κ3) is 4.41. The zero-order valence-electron chi connectivity index (χ0n) is 15.1. The number of anilines is 1. The fourth-order valence-electron chi connectivity index (χ4n) is 3.09. The standard InChI is InChI=1S/C19H24N4O3/c1-25-16-8-7-13(9-17(16)26-2)11-20-18-10-15(21-12-22-18)19(24)23-14-5-3-4-6-14/h7-10,12,14H,3-6,11H2,1-2H3,(H,23,24)(H,20,21,22). The SMILES string of the molecule is COc1ccc(CNc2cc(C(=O)NC3CCCC3)ncn2)cc1OC. The van der Waals surface area contributed by atoms with Gasteiger partial charge in [0, 0.05) is 18.7 Å². The van der Waals surface area contributed by atoms with E-state index in [0.29, 0.717) is 29.6 Å². The van der Waals surface area contributed by atoms with Crippen LogP contribution in [0.5, 0.6) is 11.5 Å². The number of rotatable bonds is 7. The molecule has 0 bridgehead atoms. The Morgan fingerprint density at radius 3 is 2.62 bits per heavy atom. The minimum absolute atomic E-state index is 0.145. The van der Waals surface area contributed by atoms with Crippen molar-refractivity contribution in [3.8, 4) is 11.5 Å². The van der Waals surface area contributed by atoms with Crippen molar-refractivity contribution in [2.45, 2.75) is 38.3 Å². The Morgan fingerprint density at radius 2 is 1.88 bits per heavy atom. The molecule has 2 N–H and O–H groups in total.